The fourth-order valence-corrected chi connectivity index (χ4v) is 4.96. The van der Waals surface area contributed by atoms with E-state index in [0.717, 1.165) is 22.6 Å². The molecule has 0 N–H and O–H groups in total. The fraction of sp³-hybridized carbons (Fsp3) is 0.500. The zero-order valence-corrected chi connectivity index (χ0v) is 13.8. The van der Waals surface area contributed by atoms with Crippen molar-refractivity contribution in [2.75, 3.05) is 18.4 Å². The smallest absolute Gasteiger partial charge is 0.207 e. The summed E-state index contributed by atoms with van der Waals surface area (Å²) in [4.78, 5) is 0.372. The maximum absolute atomic E-state index is 12.4. The molecule has 1 aromatic rings. The van der Waals surface area contributed by atoms with E-state index in [-0.39, 0.29) is 0 Å². The molecule has 100 valence electrons. The average Bonchev–Trinajstić information content (AvgIpc) is 2.79. The Hall–Kier alpha value is 0.0900. The monoisotopic (exact) mass is 395 g/mol. The first-order chi connectivity index (χ1) is 8.54. The number of hydrogen-bond donors (Lipinski definition) is 0. The van der Waals surface area contributed by atoms with E-state index in [9.17, 15) is 8.42 Å². The van der Waals surface area contributed by atoms with Gasteiger partial charge >= 0.3 is 0 Å². The van der Waals surface area contributed by atoms with E-state index in [0.29, 0.717) is 23.9 Å². The van der Waals surface area contributed by atoms with Gasteiger partial charge in [-0.25, -0.2) is 8.42 Å². The first-order valence-electron chi connectivity index (χ1n) is 5.85. The number of alkyl halides is 1. The van der Waals surface area contributed by atoms with Crippen molar-refractivity contribution in [3.8, 4) is 0 Å². The minimum absolute atomic E-state index is 0.372. The van der Waals surface area contributed by atoms with Crippen LogP contribution in [0.5, 0.6) is 0 Å². The van der Waals surface area contributed by atoms with E-state index in [1.807, 2.05) is 6.07 Å². The van der Waals surface area contributed by atoms with Crippen LogP contribution in [-0.2, 0) is 10.0 Å². The van der Waals surface area contributed by atoms with Gasteiger partial charge in [0.25, 0.3) is 0 Å². The number of nitrogens with zero attached hydrogens (tertiary/aromatic N) is 1. The lowest BCUT2D eigenvalue weighted by atomic mass is 10.1. The number of rotatable bonds is 4. The zero-order valence-electron chi connectivity index (χ0n) is 9.85. The Bertz CT molecular complexity index is 519. The van der Waals surface area contributed by atoms with Gasteiger partial charge in [0, 0.05) is 22.9 Å². The molecule has 18 heavy (non-hydrogen) atoms. The van der Waals surface area contributed by atoms with E-state index >= 15 is 0 Å². The van der Waals surface area contributed by atoms with Crippen molar-refractivity contribution in [3.63, 3.8) is 0 Å². The predicted octanol–water partition coefficient (Wildman–Crippen LogP) is 3.24. The SMILES string of the molecule is O=S(=O)(c1cccc(Br)c1)N1CCC(CCBr)C1. The van der Waals surface area contributed by atoms with Crippen molar-refractivity contribution in [3.05, 3.63) is 28.7 Å². The first kappa shape index (κ1) is 14.5. The van der Waals surface area contributed by atoms with Crippen molar-refractivity contribution in [1.29, 1.82) is 0 Å². The van der Waals surface area contributed by atoms with Gasteiger partial charge in [-0.1, -0.05) is 37.9 Å². The lowest BCUT2D eigenvalue weighted by molar-refractivity contribution is 0.454. The summed E-state index contributed by atoms with van der Waals surface area (Å²) in [5.41, 5.74) is 0. The Balaban J connectivity index is 2.18. The van der Waals surface area contributed by atoms with Gasteiger partial charge in [0.1, 0.15) is 0 Å². The second kappa shape index (κ2) is 6.03. The third kappa shape index (κ3) is 3.15. The molecule has 1 aliphatic heterocycles. The van der Waals surface area contributed by atoms with Gasteiger partial charge in [0.2, 0.25) is 10.0 Å². The topological polar surface area (TPSA) is 37.4 Å². The Morgan fingerprint density at radius 2 is 2.17 bits per heavy atom. The summed E-state index contributed by atoms with van der Waals surface area (Å²) in [6, 6.07) is 6.89. The molecule has 0 spiro atoms. The van der Waals surface area contributed by atoms with Crippen molar-refractivity contribution in [1.82, 2.24) is 4.31 Å². The first-order valence-corrected chi connectivity index (χ1v) is 9.21. The van der Waals surface area contributed by atoms with Crippen molar-refractivity contribution >= 4 is 41.9 Å². The van der Waals surface area contributed by atoms with E-state index < -0.39 is 10.0 Å². The van der Waals surface area contributed by atoms with Crippen molar-refractivity contribution < 1.29 is 8.42 Å². The molecule has 0 aromatic heterocycles. The molecule has 1 fully saturated rings. The minimum Gasteiger partial charge on any atom is -0.207 e. The summed E-state index contributed by atoms with van der Waals surface area (Å²) in [7, 11) is -3.32. The molecule has 1 saturated heterocycles. The third-order valence-corrected chi connectivity index (χ3v) is 6.01. The van der Waals surface area contributed by atoms with Crippen LogP contribution < -0.4 is 0 Å². The molecule has 0 radical (unpaired) electrons. The summed E-state index contributed by atoms with van der Waals surface area (Å²) < 4.78 is 27.3. The number of hydrogen-bond acceptors (Lipinski definition) is 2. The molecule has 6 heteroatoms. The molecule has 1 unspecified atom stereocenters. The molecular weight excluding hydrogens is 382 g/mol. The lowest BCUT2D eigenvalue weighted by Crippen LogP contribution is -2.28. The van der Waals surface area contributed by atoms with Gasteiger partial charge in [-0.3, -0.25) is 0 Å². The number of halogens is 2. The van der Waals surface area contributed by atoms with Gasteiger partial charge in [0.15, 0.2) is 0 Å². The molecule has 0 amide bonds. The van der Waals surface area contributed by atoms with E-state index in [2.05, 4.69) is 31.9 Å². The van der Waals surface area contributed by atoms with E-state index in [4.69, 9.17) is 0 Å². The summed E-state index contributed by atoms with van der Waals surface area (Å²) in [5, 5.41) is 0.933. The van der Waals surface area contributed by atoms with Gasteiger partial charge in [-0.05, 0) is 37.0 Å². The highest BCUT2D eigenvalue weighted by Gasteiger charge is 2.32. The molecular formula is C12H15Br2NO2S. The van der Waals surface area contributed by atoms with Crippen LogP contribution in [0, 0.1) is 5.92 Å². The van der Waals surface area contributed by atoms with Crippen LogP contribution in [0.2, 0.25) is 0 Å². The van der Waals surface area contributed by atoms with Gasteiger partial charge in [-0.2, -0.15) is 4.31 Å². The summed E-state index contributed by atoms with van der Waals surface area (Å²) >= 11 is 6.72. The Morgan fingerprint density at radius 3 is 2.83 bits per heavy atom. The predicted molar refractivity (Wildman–Crippen MR) is 79.4 cm³/mol. The summed E-state index contributed by atoms with van der Waals surface area (Å²) in [5.74, 6) is 0.478. The van der Waals surface area contributed by atoms with Crippen LogP contribution in [0.15, 0.2) is 33.6 Å². The highest BCUT2D eigenvalue weighted by atomic mass is 79.9. The molecule has 1 aliphatic rings. The van der Waals surface area contributed by atoms with Crippen molar-refractivity contribution in [2.24, 2.45) is 5.92 Å². The molecule has 1 heterocycles. The molecule has 0 saturated carbocycles. The highest BCUT2D eigenvalue weighted by molar-refractivity contribution is 9.10. The van der Waals surface area contributed by atoms with E-state index in [1.54, 1.807) is 22.5 Å². The van der Waals surface area contributed by atoms with Gasteiger partial charge in [0.05, 0.1) is 4.90 Å². The number of sulfonamides is 1. The minimum atomic E-state index is -3.32. The lowest BCUT2D eigenvalue weighted by Gasteiger charge is -2.16. The van der Waals surface area contributed by atoms with Crippen LogP contribution in [-0.4, -0.2) is 31.1 Å². The van der Waals surface area contributed by atoms with E-state index in [1.165, 1.54) is 0 Å². The van der Waals surface area contributed by atoms with Crippen LogP contribution in [0.25, 0.3) is 0 Å². The molecule has 2 rings (SSSR count). The Morgan fingerprint density at radius 1 is 1.39 bits per heavy atom. The molecule has 3 nitrogen and oxygen atoms in total. The van der Waals surface area contributed by atoms with Crippen LogP contribution in [0.1, 0.15) is 12.8 Å². The molecule has 0 aliphatic carbocycles. The number of benzene rings is 1. The summed E-state index contributed by atoms with van der Waals surface area (Å²) in [6.45, 7) is 1.27. The normalized spacial score (nSPS) is 21.3. The largest absolute Gasteiger partial charge is 0.243 e. The van der Waals surface area contributed by atoms with Gasteiger partial charge < -0.3 is 0 Å². The third-order valence-electron chi connectivity index (χ3n) is 3.20. The summed E-state index contributed by atoms with van der Waals surface area (Å²) in [6.07, 6.45) is 1.99. The standard InChI is InChI=1S/C12H15Br2NO2S/c13-6-4-10-5-7-15(9-10)18(16,17)12-3-1-2-11(14)8-12/h1-3,8,10H,4-7,9H2. The fourth-order valence-electron chi connectivity index (χ4n) is 2.18. The second-order valence-electron chi connectivity index (χ2n) is 4.45. The maximum Gasteiger partial charge on any atom is 0.243 e. The van der Waals surface area contributed by atoms with Crippen LogP contribution in [0.4, 0.5) is 0 Å². The quantitative estimate of drug-likeness (QED) is 0.732. The Kier molecular flexibility index (Phi) is 4.86. The molecule has 1 aromatic carbocycles. The highest BCUT2D eigenvalue weighted by Crippen LogP contribution is 2.27. The zero-order chi connectivity index (χ0) is 13.2. The molecule has 0 bridgehead atoms. The van der Waals surface area contributed by atoms with Crippen LogP contribution >= 0.6 is 31.9 Å². The molecule has 1 atom stereocenters. The van der Waals surface area contributed by atoms with Crippen molar-refractivity contribution in [2.45, 2.75) is 17.7 Å². The van der Waals surface area contributed by atoms with Crippen LogP contribution in [0.3, 0.4) is 0 Å². The second-order valence-corrected chi connectivity index (χ2v) is 8.10. The maximum atomic E-state index is 12.4. The average molecular weight is 397 g/mol. The Labute approximate surface area is 125 Å². The van der Waals surface area contributed by atoms with Gasteiger partial charge in [-0.15, -0.1) is 0 Å².